The molecule has 0 N–H and O–H groups in total. The molecule has 0 spiro atoms. The van der Waals surface area contributed by atoms with Gasteiger partial charge in [0.25, 0.3) is 0 Å². The normalized spacial score (nSPS) is 13.5. The predicted molar refractivity (Wildman–Crippen MR) is 60.2 cm³/mol. The van der Waals surface area contributed by atoms with Crippen LogP contribution in [-0.2, 0) is 13.3 Å². The van der Waals surface area contributed by atoms with Gasteiger partial charge in [-0.1, -0.05) is 6.92 Å². The van der Waals surface area contributed by atoms with Gasteiger partial charge in [-0.15, -0.1) is 0 Å². The van der Waals surface area contributed by atoms with Crippen molar-refractivity contribution in [1.29, 1.82) is 5.26 Å². The van der Waals surface area contributed by atoms with Crippen LogP contribution in [0.3, 0.4) is 0 Å². The van der Waals surface area contributed by atoms with Gasteiger partial charge >= 0.3 is 8.80 Å². The largest absolute Gasteiger partial charge is 0.500 e. The molecule has 4 nitrogen and oxygen atoms in total. The molecule has 0 aliphatic heterocycles. The summed E-state index contributed by atoms with van der Waals surface area (Å²) in [5, 5.41) is 8.60. The molecule has 0 rings (SSSR count). The Morgan fingerprint density at radius 2 is 1.93 bits per heavy atom. The highest BCUT2D eigenvalue weighted by Gasteiger charge is 2.36. The van der Waals surface area contributed by atoms with Crippen LogP contribution in [0.2, 0.25) is 6.04 Å². The number of hydrogen-bond acceptors (Lipinski definition) is 4. The maximum absolute atomic E-state index is 8.60. The van der Waals surface area contributed by atoms with E-state index in [9.17, 15) is 0 Å². The van der Waals surface area contributed by atoms with Crippen LogP contribution < -0.4 is 0 Å². The highest BCUT2D eigenvalue weighted by atomic mass is 28.4. The molecule has 1 atom stereocenters. The molecular formula is C10H21NO3Si. The van der Waals surface area contributed by atoms with E-state index in [0.29, 0.717) is 6.61 Å². The first-order chi connectivity index (χ1) is 7.14. The molecule has 0 aliphatic carbocycles. The maximum atomic E-state index is 8.60. The molecule has 0 saturated carbocycles. The summed E-state index contributed by atoms with van der Waals surface area (Å²) in [5.74, 6) is 0.0939. The number of rotatable bonds is 8. The monoisotopic (exact) mass is 231 g/mol. The van der Waals surface area contributed by atoms with Crippen LogP contribution in [0, 0.1) is 17.2 Å². The average Bonchev–Trinajstić information content (AvgIpc) is 2.30. The van der Waals surface area contributed by atoms with E-state index in [1.165, 1.54) is 0 Å². The zero-order valence-corrected chi connectivity index (χ0v) is 11.1. The van der Waals surface area contributed by atoms with Crippen molar-refractivity contribution in [2.24, 2.45) is 5.92 Å². The molecule has 88 valence electrons. The second-order valence-corrected chi connectivity index (χ2v) is 6.64. The standard InChI is InChI=1S/C10H21NO3Si/c1-5-15(12-3,13-4)14-8-6-7-10(2)9-11/h10H,5-8H2,1-4H3. The Morgan fingerprint density at radius 1 is 1.33 bits per heavy atom. The topological polar surface area (TPSA) is 51.5 Å². The molecule has 1 unspecified atom stereocenters. The summed E-state index contributed by atoms with van der Waals surface area (Å²) in [4.78, 5) is 0. The zero-order chi connectivity index (χ0) is 11.7. The minimum atomic E-state index is -2.38. The predicted octanol–water partition coefficient (Wildman–Crippen LogP) is 2.19. The minimum Gasteiger partial charge on any atom is -0.377 e. The summed E-state index contributed by atoms with van der Waals surface area (Å²) in [6.45, 7) is 4.52. The molecule has 0 aromatic heterocycles. The Kier molecular flexibility index (Phi) is 7.61. The first-order valence-corrected chi connectivity index (χ1v) is 7.21. The highest BCUT2D eigenvalue weighted by molar-refractivity contribution is 6.60. The number of nitriles is 1. The minimum absolute atomic E-state index is 0.0939. The lowest BCUT2D eigenvalue weighted by molar-refractivity contribution is 0.0971. The lowest BCUT2D eigenvalue weighted by Gasteiger charge is -2.25. The van der Waals surface area contributed by atoms with Gasteiger partial charge in [-0.2, -0.15) is 5.26 Å². The smallest absolute Gasteiger partial charge is 0.377 e. The van der Waals surface area contributed by atoms with Crippen LogP contribution in [0.1, 0.15) is 26.7 Å². The fourth-order valence-corrected chi connectivity index (χ4v) is 2.91. The van der Waals surface area contributed by atoms with E-state index in [2.05, 4.69) is 6.07 Å². The van der Waals surface area contributed by atoms with Gasteiger partial charge in [-0.25, -0.2) is 0 Å². The quantitative estimate of drug-likeness (QED) is 0.474. The van der Waals surface area contributed by atoms with Crippen LogP contribution in [0.4, 0.5) is 0 Å². The Labute approximate surface area is 93.5 Å². The average molecular weight is 231 g/mol. The van der Waals surface area contributed by atoms with Crippen molar-refractivity contribution in [2.75, 3.05) is 20.8 Å². The van der Waals surface area contributed by atoms with E-state index < -0.39 is 8.80 Å². The summed E-state index contributed by atoms with van der Waals surface area (Å²) >= 11 is 0. The second-order valence-electron chi connectivity index (χ2n) is 3.47. The van der Waals surface area contributed by atoms with E-state index in [1.54, 1.807) is 14.2 Å². The second kappa shape index (κ2) is 7.82. The third-order valence-electron chi connectivity index (χ3n) is 2.38. The molecule has 0 heterocycles. The molecule has 0 aromatic rings. The Balaban J connectivity index is 3.78. The van der Waals surface area contributed by atoms with Crippen molar-refractivity contribution in [3.8, 4) is 6.07 Å². The summed E-state index contributed by atoms with van der Waals surface area (Å²) in [6.07, 6.45) is 1.73. The van der Waals surface area contributed by atoms with Crippen molar-refractivity contribution in [3.63, 3.8) is 0 Å². The molecule has 0 fully saturated rings. The number of hydrogen-bond donors (Lipinski definition) is 0. The Morgan fingerprint density at radius 3 is 2.33 bits per heavy atom. The molecule has 0 aliphatic rings. The van der Waals surface area contributed by atoms with Crippen molar-refractivity contribution in [3.05, 3.63) is 0 Å². The lowest BCUT2D eigenvalue weighted by Crippen LogP contribution is -2.43. The molecule has 15 heavy (non-hydrogen) atoms. The third kappa shape index (κ3) is 5.28. The summed E-state index contributed by atoms with van der Waals surface area (Å²) in [7, 11) is 0.862. The fourth-order valence-electron chi connectivity index (χ4n) is 1.27. The molecule has 0 aromatic carbocycles. The van der Waals surface area contributed by atoms with E-state index >= 15 is 0 Å². The van der Waals surface area contributed by atoms with Gasteiger partial charge in [0.2, 0.25) is 0 Å². The van der Waals surface area contributed by atoms with Gasteiger partial charge in [0.1, 0.15) is 0 Å². The lowest BCUT2D eigenvalue weighted by atomic mass is 10.1. The Bertz CT molecular complexity index is 193. The third-order valence-corrected chi connectivity index (χ3v) is 5.13. The van der Waals surface area contributed by atoms with Gasteiger partial charge in [0.15, 0.2) is 0 Å². The molecule has 5 heteroatoms. The van der Waals surface area contributed by atoms with Crippen LogP contribution in [0.25, 0.3) is 0 Å². The van der Waals surface area contributed by atoms with E-state index in [0.717, 1.165) is 18.9 Å². The first kappa shape index (κ1) is 14.6. The molecule has 0 saturated heterocycles. The van der Waals surface area contributed by atoms with Gasteiger partial charge in [0.05, 0.1) is 6.07 Å². The number of nitrogens with zero attached hydrogens (tertiary/aromatic N) is 1. The van der Waals surface area contributed by atoms with Crippen molar-refractivity contribution in [1.82, 2.24) is 0 Å². The van der Waals surface area contributed by atoms with Crippen molar-refractivity contribution < 1.29 is 13.3 Å². The van der Waals surface area contributed by atoms with Gasteiger partial charge in [-0.3, -0.25) is 0 Å². The van der Waals surface area contributed by atoms with Gasteiger partial charge < -0.3 is 13.3 Å². The molecule has 0 bridgehead atoms. The van der Waals surface area contributed by atoms with Gasteiger partial charge in [-0.05, 0) is 19.8 Å². The summed E-state index contributed by atoms with van der Waals surface area (Å²) in [5.41, 5.74) is 0. The molecule has 0 amide bonds. The van der Waals surface area contributed by atoms with Crippen LogP contribution >= 0.6 is 0 Å². The van der Waals surface area contributed by atoms with Crippen molar-refractivity contribution in [2.45, 2.75) is 32.7 Å². The van der Waals surface area contributed by atoms with Crippen LogP contribution in [-0.4, -0.2) is 29.6 Å². The molecular weight excluding hydrogens is 210 g/mol. The van der Waals surface area contributed by atoms with Gasteiger partial charge in [0, 0.05) is 32.8 Å². The SMILES string of the molecule is CC[Si](OC)(OC)OCCCC(C)C#N. The van der Waals surface area contributed by atoms with E-state index in [1.807, 2.05) is 13.8 Å². The van der Waals surface area contributed by atoms with E-state index in [4.69, 9.17) is 18.5 Å². The van der Waals surface area contributed by atoms with Crippen molar-refractivity contribution >= 4 is 8.80 Å². The maximum Gasteiger partial charge on any atom is 0.500 e. The molecule has 0 radical (unpaired) electrons. The zero-order valence-electron chi connectivity index (χ0n) is 10.1. The van der Waals surface area contributed by atoms with Crippen LogP contribution in [0.15, 0.2) is 0 Å². The fraction of sp³-hybridized carbons (Fsp3) is 0.900. The highest BCUT2D eigenvalue weighted by Crippen LogP contribution is 2.14. The summed E-state index contributed by atoms with van der Waals surface area (Å²) in [6, 6.07) is 2.97. The van der Waals surface area contributed by atoms with E-state index in [-0.39, 0.29) is 5.92 Å². The first-order valence-electron chi connectivity index (χ1n) is 5.28. The van der Waals surface area contributed by atoms with Crippen LogP contribution in [0.5, 0.6) is 0 Å². The summed E-state index contributed by atoms with van der Waals surface area (Å²) < 4.78 is 16.3. The Hall–Kier alpha value is -0.413.